The number of aliphatic carboxylic acids is 1. The van der Waals surface area contributed by atoms with Crippen LogP contribution in [-0.4, -0.2) is 69.9 Å². The van der Waals surface area contributed by atoms with E-state index < -0.39 is 41.6 Å². The molecule has 0 bridgehead atoms. The molecule has 1 saturated heterocycles. The average Bonchev–Trinajstić information content (AvgIpc) is 2.73. The lowest BCUT2D eigenvalue weighted by atomic mass is 10.0. The molecule has 2 aliphatic heterocycles. The van der Waals surface area contributed by atoms with E-state index in [-0.39, 0.29) is 36.0 Å². The Balaban J connectivity index is 1.60. The molecule has 2 atom stereocenters. The number of nitrogens with zero attached hydrogens (tertiary/aromatic N) is 1. The number of carboxylic acids is 1. The Labute approximate surface area is 181 Å². The van der Waals surface area contributed by atoms with Crippen LogP contribution >= 0.6 is 11.8 Å². The molecular formula is C20H20N2O8S. The number of nitrogens with one attached hydrogen (secondary N) is 1. The summed E-state index contributed by atoms with van der Waals surface area (Å²) in [6.07, 6.45) is -0.409. The summed E-state index contributed by atoms with van der Waals surface area (Å²) >= 11 is 1.25. The van der Waals surface area contributed by atoms with Crippen molar-refractivity contribution in [1.82, 2.24) is 10.2 Å². The normalized spacial score (nSPS) is 19.8. The van der Waals surface area contributed by atoms with Gasteiger partial charge in [0.25, 0.3) is 11.8 Å². The topological polar surface area (TPSA) is 139 Å². The van der Waals surface area contributed by atoms with Crippen molar-refractivity contribution in [2.75, 3.05) is 19.0 Å². The number of rotatable bonds is 9. The van der Waals surface area contributed by atoms with E-state index in [1.165, 1.54) is 18.7 Å². The molecule has 2 heterocycles. The number of esters is 1. The van der Waals surface area contributed by atoms with Crippen molar-refractivity contribution in [3.8, 4) is 5.75 Å². The molecule has 0 radical (unpaired) electrons. The highest BCUT2D eigenvalue weighted by atomic mass is 32.2. The number of amides is 2. The number of carbonyl (C=O) groups is 5. The minimum Gasteiger partial charge on any atom is -0.484 e. The van der Waals surface area contributed by atoms with Gasteiger partial charge in [0, 0.05) is 11.3 Å². The summed E-state index contributed by atoms with van der Waals surface area (Å²) in [5.41, 5.74) is -0.0217. The number of thioether (sulfide) groups is 1. The molecule has 164 valence electrons. The Morgan fingerprint density at radius 1 is 1.23 bits per heavy atom. The predicted molar refractivity (Wildman–Crippen MR) is 108 cm³/mol. The highest BCUT2D eigenvalue weighted by Crippen LogP contribution is 2.40. The van der Waals surface area contributed by atoms with Gasteiger partial charge in [-0.3, -0.25) is 24.1 Å². The third-order valence-electron chi connectivity index (χ3n) is 4.48. The number of fused-ring (bicyclic) bond motifs is 1. The van der Waals surface area contributed by atoms with Crippen LogP contribution in [-0.2, 0) is 28.7 Å². The smallest absolute Gasteiger partial charge is 0.352 e. The minimum atomic E-state index is -1.34. The zero-order valence-electron chi connectivity index (χ0n) is 16.5. The molecule has 0 spiro atoms. The van der Waals surface area contributed by atoms with Crippen LogP contribution in [0.1, 0.15) is 13.3 Å². The molecule has 1 fully saturated rings. The molecule has 1 aromatic carbocycles. The number of Topliss-reactive ketones (excluding diaryl/α,β-unsaturated/α-hetero) is 1. The minimum absolute atomic E-state index is 0.191. The highest BCUT2D eigenvalue weighted by molar-refractivity contribution is 8.00. The second-order valence-corrected chi connectivity index (χ2v) is 7.96. The lowest BCUT2D eigenvalue weighted by Crippen LogP contribution is -2.71. The van der Waals surface area contributed by atoms with Gasteiger partial charge in [-0.15, -0.1) is 11.8 Å². The summed E-state index contributed by atoms with van der Waals surface area (Å²) in [4.78, 5) is 60.1. The largest absolute Gasteiger partial charge is 0.484 e. The van der Waals surface area contributed by atoms with Crippen LogP contribution in [0.15, 0.2) is 41.6 Å². The number of benzene rings is 1. The fraction of sp³-hybridized carbons (Fsp3) is 0.350. The highest BCUT2D eigenvalue weighted by Gasteiger charge is 2.54. The maximum Gasteiger partial charge on any atom is 0.352 e. The Morgan fingerprint density at radius 2 is 1.94 bits per heavy atom. The molecule has 0 aliphatic carbocycles. The number of hydrogen-bond acceptors (Lipinski definition) is 8. The first kappa shape index (κ1) is 22.3. The van der Waals surface area contributed by atoms with Gasteiger partial charge in [0.1, 0.15) is 41.7 Å². The van der Waals surface area contributed by atoms with E-state index in [4.69, 9.17) is 9.47 Å². The van der Waals surface area contributed by atoms with Crippen LogP contribution < -0.4 is 10.1 Å². The second kappa shape index (κ2) is 9.65. The molecule has 2 amide bonds. The summed E-state index contributed by atoms with van der Waals surface area (Å²) in [7, 11) is 0. The molecule has 3 rings (SSSR count). The molecule has 11 heteroatoms. The third-order valence-corrected chi connectivity index (χ3v) is 5.82. The van der Waals surface area contributed by atoms with Gasteiger partial charge >= 0.3 is 11.9 Å². The number of ketones is 1. The standard InChI is InChI=1S/C20H20N2O8S/c1-11(23)7-15(25)30-8-12-10-31-19-16(18(26)22(19)17(12)20(27)28)21-14(24)9-29-13-5-3-2-4-6-13/h2-6,16,19H,7-10H2,1H3,(H,21,24)(H,27,28)/t16-,19+/m1/s1. The molecule has 2 aliphatic rings. The first-order valence-electron chi connectivity index (χ1n) is 9.30. The molecule has 1 aromatic rings. The van der Waals surface area contributed by atoms with Crippen molar-refractivity contribution in [2.45, 2.75) is 24.8 Å². The van der Waals surface area contributed by atoms with E-state index in [0.717, 1.165) is 4.90 Å². The number of ether oxygens (including phenoxy) is 2. The first-order valence-corrected chi connectivity index (χ1v) is 10.3. The van der Waals surface area contributed by atoms with Crippen molar-refractivity contribution in [2.24, 2.45) is 0 Å². The van der Waals surface area contributed by atoms with E-state index in [0.29, 0.717) is 5.75 Å². The Hall–Kier alpha value is -3.34. The van der Waals surface area contributed by atoms with E-state index in [9.17, 15) is 29.1 Å². The van der Waals surface area contributed by atoms with Crippen molar-refractivity contribution < 1.29 is 38.6 Å². The van der Waals surface area contributed by atoms with Gasteiger partial charge < -0.3 is 19.9 Å². The van der Waals surface area contributed by atoms with E-state index >= 15 is 0 Å². The SMILES string of the molecule is CC(=O)CC(=O)OCC1=C(C(=O)O)N2C(=O)[C@@H](NC(=O)COc3ccccc3)[C@@H]2SC1. The van der Waals surface area contributed by atoms with Crippen molar-refractivity contribution >= 4 is 41.3 Å². The zero-order chi connectivity index (χ0) is 22.5. The van der Waals surface area contributed by atoms with Gasteiger partial charge in [-0.05, 0) is 19.1 Å². The molecule has 31 heavy (non-hydrogen) atoms. The molecule has 0 aromatic heterocycles. The van der Waals surface area contributed by atoms with Crippen LogP contribution in [0.25, 0.3) is 0 Å². The number of hydrogen-bond donors (Lipinski definition) is 2. The maximum atomic E-state index is 12.6. The average molecular weight is 448 g/mol. The van der Waals surface area contributed by atoms with Gasteiger partial charge in [0.15, 0.2) is 6.61 Å². The summed E-state index contributed by atoms with van der Waals surface area (Å²) in [5.74, 6) is -2.86. The number of para-hydroxylation sites is 1. The Bertz CT molecular complexity index is 946. The summed E-state index contributed by atoms with van der Waals surface area (Å²) in [6, 6.07) is 7.82. The van der Waals surface area contributed by atoms with Gasteiger partial charge in [0.05, 0.1) is 0 Å². The molecule has 2 N–H and O–H groups in total. The van der Waals surface area contributed by atoms with Crippen LogP contribution in [0.5, 0.6) is 5.75 Å². The van der Waals surface area contributed by atoms with Gasteiger partial charge in [-0.25, -0.2) is 4.79 Å². The predicted octanol–water partition coefficient (Wildman–Crippen LogP) is 0.326. The van der Waals surface area contributed by atoms with Crippen molar-refractivity contribution in [3.05, 3.63) is 41.6 Å². The Morgan fingerprint density at radius 3 is 2.58 bits per heavy atom. The number of carboxylic acid groups (broad SMARTS) is 1. The van der Waals surface area contributed by atoms with Crippen LogP contribution in [0, 0.1) is 0 Å². The summed E-state index contributed by atoms with van der Waals surface area (Å²) < 4.78 is 10.3. The van der Waals surface area contributed by atoms with Gasteiger partial charge in [0.2, 0.25) is 0 Å². The van der Waals surface area contributed by atoms with E-state index in [1.54, 1.807) is 30.3 Å². The van der Waals surface area contributed by atoms with Crippen molar-refractivity contribution in [3.63, 3.8) is 0 Å². The quantitative estimate of drug-likeness (QED) is 0.311. The molecule has 0 saturated carbocycles. The Kier molecular flexibility index (Phi) is 6.95. The van der Waals surface area contributed by atoms with Crippen LogP contribution in [0.3, 0.4) is 0 Å². The van der Waals surface area contributed by atoms with E-state index in [2.05, 4.69) is 5.32 Å². The fourth-order valence-corrected chi connectivity index (χ4v) is 4.42. The fourth-order valence-electron chi connectivity index (χ4n) is 3.10. The first-order chi connectivity index (χ1) is 14.8. The number of carbonyl (C=O) groups excluding carboxylic acids is 4. The van der Waals surface area contributed by atoms with Gasteiger partial charge in [-0.2, -0.15) is 0 Å². The van der Waals surface area contributed by atoms with Crippen LogP contribution in [0.4, 0.5) is 0 Å². The molecular weight excluding hydrogens is 428 g/mol. The maximum absolute atomic E-state index is 12.6. The summed E-state index contributed by atoms with van der Waals surface area (Å²) in [5, 5.41) is 11.6. The lowest BCUT2D eigenvalue weighted by Gasteiger charge is -2.49. The third kappa shape index (κ3) is 5.23. The van der Waals surface area contributed by atoms with Gasteiger partial charge in [-0.1, -0.05) is 18.2 Å². The molecule has 10 nitrogen and oxygen atoms in total. The van der Waals surface area contributed by atoms with Crippen molar-refractivity contribution in [1.29, 1.82) is 0 Å². The lowest BCUT2D eigenvalue weighted by molar-refractivity contribution is -0.151. The number of β-lactam (4-membered cyclic amide) rings is 1. The second-order valence-electron chi connectivity index (χ2n) is 6.85. The summed E-state index contributed by atoms with van der Waals surface area (Å²) in [6.45, 7) is 0.617. The zero-order valence-corrected chi connectivity index (χ0v) is 17.3. The van der Waals surface area contributed by atoms with E-state index in [1.807, 2.05) is 0 Å². The monoisotopic (exact) mass is 448 g/mol. The molecule has 0 unspecified atom stereocenters. The van der Waals surface area contributed by atoms with Crippen LogP contribution in [0.2, 0.25) is 0 Å².